The molecular weight excluding hydrogens is 452 g/mol. The van der Waals surface area contributed by atoms with Crippen LogP contribution in [0.2, 0.25) is 0 Å². The SMILES string of the molecule is CC(=O)c1cc(/C=C/c2ccccc2)nc(/C=C/c2ccccc2)c1.CCCCCC.CN1CCCC1. The fraction of sp³-hybridized carbons (Fsp3) is 0.353. The van der Waals surface area contributed by atoms with Crippen LogP contribution in [0, 0.1) is 0 Å². The van der Waals surface area contributed by atoms with Crippen molar-refractivity contribution in [1.82, 2.24) is 9.88 Å². The number of unbranched alkanes of at least 4 members (excludes halogenated alkanes) is 3. The minimum absolute atomic E-state index is 0.0334. The van der Waals surface area contributed by atoms with Gasteiger partial charge in [0.1, 0.15) is 0 Å². The van der Waals surface area contributed by atoms with Crippen molar-refractivity contribution in [3.05, 3.63) is 101 Å². The molecule has 0 atom stereocenters. The van der Waals surface area contributed by atoms with E-state index in [1.807, 2.05) is 97.1 Å². The van der Waals surface area contributed by atoms with Crippen molar-refractivity contribution in [3.8, 4) is 0 Å². The number of likely N-dealkylation sites (tertiary alicyclic amines) is 1. The summed E-state index contributed by atoms with van der Waals surface area (Å²) < 4.78 is 0. The molecule has 3 nitrogen and oxygen atoms in total. The van der Waals surface area contributed by atoms with Crippen molar-refractivity contribution in [1.29, 1.82) is 0 Å². The van der Waals surface area contributed by atoms with Crippen molar-refractivity contribution in [2.45, 2.75) is 59.3 Å². The van der Waals surface area contributed by atoms with E-state index in [9.17, 15) is 4.79 Å². The second kappa shape index (κ2) is 18.0. The number of Topliss-reactive ketones (excluding diaryl/α,β-unsaturated/α-hetero) is 1. The van der Waals surface area contributed by atoms with Gasteiger partial charge in [-0.05, 0) is 75.3 Å². The lowest BCUT2D eigenvalue weighted by Crippen LogP contribution is -2.10. The molecule has 2 aromatic carbocycles. The molecule has 196 valence electrons. The lowest BCUT2D eigenvalue weighted by molar-refractivity contribution is 0.101. The van der Waals surface area contributed by atoms with E-state index < -0.39 is 0 Å². The third-order valence-corrected chi connectivity index (χ3v) is 6.05. The largest absolute Gasteiger partial charge is 0.306 e. The monoisotopic (exact) mass is 496 g/mol. The Kier molecular flexibility index (Phi) is 14.6. The Morgan fingerprint density at radius 3 is 1.51 bits per heavy atom. The highest BCUT2D eigenvalue weighted by atomic mass is 16.1. The van der Waals surface area contributed by atoms with E-state index in [4.69, 9.17) is 0 Å². The Morgan fingerprint density at radius 2 is 1.19 bits per heavy atom. The number of carbonyl (C=O) groups is 1. The smallest absolute Gasteiger partial charge is 0.159 e. The standard InChI is InChI=1S/C23H19NO.C6H14.C5H11N/c1-18(25)21-16-22(14-12-19-8-4-2-5-9-19)24-23(17-21)15-13-20-10-6-3-7-11-20;1-3-5-6-4-2;1-6-4-2-3-5-6/h2-17H,1H3;3-6H2,1-2H3;2-5H2,1H3/b14-12+,15-13+;;. The third kappa shape index (κ3) is 13.0. The summed E-state index contributed by atoms with van der Waals surface area (Å²) in [7, 11) is 2.17. The Balaban J connectivity index is 0.000000330. The Hall–Kier alpha value is -3.30. The van der Waals surface area contributed by atoms with Crippen molar-refractivity contribution < 1.29 is 4.79 Å². The first-order valence-corrected chi connectivity index (χ1v) is 13.7. The molecule has 0 unspecified atom stereocenters. The fourth-order valence-electron chi connectivity index (χ4n) is 3.81. The van der Waals surface area contributed by atoms with Crippen molar-refractivity contribution in [2.75, 3.05) is 20.1 Å². The zero-order chi connectivity index (χ0) is 26.7. The molecule has 4 rings (SSSR count). The van der Waals surface area contributed by atoms with Crippen molar-refractivity contribution in [3.63, 3.8) is 0 Å². The maximum Gasteiger partial charge on any atom is 0.159 e. The molecule has 2 heterocycles. The van der Waals surface area contributed by atoms with Crippen LogP contribution in [0.1, 0.15) is 92.2 Å². The molecule has 0 amide bonds. The molecule has 37 heavy (non-hydrogen) atoms. The predicted molar refractivity (Wildman–Crippen MR) is 162 cm³/mol. The molecule has 0 radical (unpaired) electrons. The number of ketones is 1. The summed E-state index contributed by atoms with van der Waals surface area (Å²) in [6.07, 6.45) is 16.2. The van der Waals surface area contributed by atoms with Crippen LogP contribution >= 0.6 is 0 Å². The second-order valence-electron chi connectivity index (χ2n) is 9.47. The van der Waals surface area contributed by atoms with Gasteiger partial charge < -0.3 is 4.90 Å². The number of pyridine rings is 1. The minimum Gasteiger partial charge on any atom is -0.306 e. The molecule has 0 bridgehead atoms. The van der Waals surface area contributed by atoms with Gasteiger partial charge in [-0.1, -0.05) is 112 Å². The summed E-state index contributed by atoms with van der Waals surface area (Å²) in [5, 5.41) is 0. The van der Waals surface area contributed by atoms with Gasteiger partial charge in [-0.25, -0.2) is 4.98 Å². The number of rotatable bonds is 8. The summed E-state index contributed by atoms with van der Waals surface area (Å²) in [5.74, 6) is 0.0334. The number of hydrogen-bond acceptors (Lipinski definition) is 3. The summed E-state index contributed by atoms with van der Waals surface area (Å²) in [6, 6.07) is 23.7. The van der Waals surface area contributed by atoms with Gasteiger partial charge in [-0.3, -0.25) is 4.79 Å². The topological polar surface area (TPSA) is 33.2 Å². The molecule has 1 aliphatic rings. The lowest BCUT2D eigenvalue weighted by Gasteiger charge is -2.02. The summed E-state index contributed by atoms with van der Waals surface area (Å²) >= 11 is 0. The summed E-state index contributed by atoms with van der Waals surface area (Å²) in [4.78, 5) is 18.8. The van der Waals surface area contributed by atoms with Crippen LogP contribution in [0.15, 0.2) is 72.8 Å². The van der Waals surface area contributed by atoms with E-state index in [1.165, 1.54) is 51.6 Å². The van der Waals surface area contributed by atoms with Gasteiger partial charge >= 0.3 is 0 Å². The van der Waals surface area contributed by atoms with Crippen LogP contribution in [0.4, 0.5) is 0 Å². The molecule has 1 fully saturated rings. The number of carbonyl (C=O) groups excluding carboxylic acids is 1. The number of nitrogens with zero attached hydrogens (tertiary/aromatic N) is 2. The third-order valence-electron chi connectivity index (χ3n) is 6.05. The van der Waals surface area contributed by atoms with Gasteiger partial charge in [-0.15, -0.1) is 0 Å². The number of aromatic nitrogens is 1. The molecule has 0 aliphatic carbocycles. The van der Waals surface area contributed by atoms with E-state index in [0.717, 1.165) is 22.5 Å². The van der Waals surface area contributed by atoms with Gasteiger partial charge in [0.05, 0.1) is 11.4 Å². The number of hydrogen-bond donors (Lipinski definition) is 0. The van der Waals surface area contributed by atoms with Crippen LogP contribution in [0.3, 0.4) is 0 Å². The van der Waals surface area contributed by atoms with Gasteiger partial charge in [-0.2, -0.15) is 0 Å². The molecule has 3 heteroatoms. The Morgan fingerprint density at radius 1 is 0.757 bits per heavy atom. The Labute approximate surface area is 225 Å². The predicted octanol–water partition coefficient (Wildman–Crippen LogP) is 8.92. The molecular formula is C34H44N2O. The van der Waals surface area contributed by atoms with Gasteiger partial charge in [0.15, 0.2) is 5.78 Å². The summed E-state index contributed by atoms with van der Waals surface area (Å²) in [5.41, 5.74) is 4.39. The highest BCUT2D eigenvalue weighted by Crippen LogP contribution is 2.14. The van der Waals surface area contributed by atoms with Gasteiger partial charge in [0.25, 0.3) is 0 Å². The van der Waals surface area contributed by atoms with E-state index in [2.05, 4.69) is 30.8 Å². The fourth-order valence-corrected chi connectivity index (χ4v) is 3.81. The van der Waals surface area contributed by atoms with Crippen molar-refractivity contribution in [2.24, 2.45) is 0 Å². The molecule has 1 aromatic heterocycles. The molecule has 0 spiro atoms. The van der Waals surface area contributed by atoms with Crippen LogP contribution in [0.25, 0.3) is 24.3 Å². The normalized spacial score (nSPS) is 13.2. The first-order valence-electron chi connectivity index (χ1n) is 13.7. The highest BCUT2D eigenvalue weighted by Gasteiger charge is 2.04. The highest BCUT2D eigenvalue weighted by molar-refractivity contribution is 5.95. The maximum absolute atomic E-state index is 11.8. The van der Waals surface area contributed by atoms with Crippen LogP contribution in [0.5, 0.6) is 0 Å². The van der Waals surface area contributed by atoms with Crippen LogP contribution in [-0.4, -0.2) is 35.8 Å². The second-order valence-corrected chi connectivity index (χ2v) is 9.47. The van der Waals surface area contributed by atoms with E-state index in [1.54, 1.807) is 6.92 Å². The number of benzene rings is 2. The first kappa shape index (κ1) is 29.9. The molecule has 1 saturated heterocycles. The average molecular weight is 497 g/mol. The molecule has 1 aliphatic heterocycles. The Bertz CT molecular complexity index is 1010. The first-order chi connectivity index (χ1) is 18.0. The summed E-state index contributed by atoms with van der Waals surface area (Å²) in [6.45, 7) is 8.68. The molecule has 0 N–H and O–H groups in total. The van der Waals surface area contributed by atoms with Crippen LogP contribution in [-0.2, 0) is 0 Å². The van der Waals surface area contributed by atoms with Crippen molar-refractivity contribution >= 4 is 30.1 Å². The van der Waals surface area contributed by atoms with E-state index in [0.29, 0.717) is 5.56 Å². The molecule has 0 saturated carbocycles. The minimum atomic E-state index is 0.0334. The zero-order valence-electron chi connectivity index (χ0n) is 23.2. The quantitative estimate of drug-likeness (QED) is 0.230. The molecule has 3 aromatic rings. The van der Waals surface area contributed by atoms with Gasteiger partial charge in [0, 0.05) is 5.56 Å². The zero-order valence-corrected chi connectivity index (χ0v) is 23.2. The van der Waals surface area contributed by atoms with E-state index >= 15 is 0 Å². The van der Waals surface area contributed by atoms with Gasteiger partial charge in [0.2, 0.25) is 0 Å². The van der Waals surface area contributed by atoms with Crippen LogP contribution < -0.4 is 0 Å². The van der Waals surface area contributed by atoms with E-state index in [-0.39, 0.29) is 5.78 Å². The average Bonchev–Trinajstić information content (AvgIpc) is 3.42. The lowest BCUT2D eigenvalue weighted by atomic mass is 10.1. The maximum atomic E-state index is 11.8.